The Labute approximate surface area is 125 Å². The number of halogens is 1. The summed E-state index contributed by atoms with van der Waals surface area (Å²) < 4.78 is 16.3. The van der Waals surface area contributed by atoms with Gasteiger partial charge in [0.2, 0.25) is 0 Å². The third kappa shape index (κ3) is 2.12. The van der Waals surface area contributed by atoms with E-state index < -0.39 is 0 Å². The molecule has 1 aromatic rings. The first-order chi connectivity index (χ1) is 9.71. The van der Waals surface area contributed by atoms with Crippen LogP contribution in [0.15, 0.2) is 12.1 Å². The zero-order chi connectivity index (χ0) is 14.3. The van der Waals surface area contributed by atoms with Gasteiger partial charge in [0.1, 0.15) is 17.2 Å². The third-order valence-electron chi connectivity index (χ3n) is 4.84. The molecule has 20 heavy (non-hydrogen) atoms. The van der Waals surface area contributed by atoms with E-state index in [-0.39, 0.29) is 5.38 Å². The predicted molar refractivity (Wildman–Crippen MR) is 79.0 cm³/mol. The van der Waals surface area contributed by atoms with E-state index in [1.54, 1.807) is 21.3 Å². The minimum Gasteiger partial charge on any atom is -0.496 e. The lowest BCUT2D eigenvalue weighted by atomic mass is 10.00. The van der Waals surface area contributed by atoms with Gasteiger partial charge in [-0.1, -0.05) is 6.42 Å². The minimum absolute atomic E-state index is 0.0406. The molecule has 3 unspecified atom stereocenters. The SMILES string of the molecule is COc1cc(OC)c(C(Cl)C2C3CCCC32)c(OC)c1. The van der Waals surface area contributed by atoms with Crippen LogP contribution in [0.5, 0.6) is 17.2 Å². The summed E-state index contributed by atoms with van der Waals surface area (Å²) in [5, 5.41) is -0.0406. The largest absolute Gasteiger partial charge is 0.496 e. The Hall–Kier alpha value is -1.09. The quantitative estimate of drug-likeness (QED) is 0.768. The van der Waals surface area contributed by atoms with Crippen molar-refractivity contribution < 1.29 is 14.2 Å². The fraction of sp³-hybridized carbons (Fsp3) is 0.625. The van der Waals surface area contributed by atoms with Crippen molar-refractivity contribution in [1.29, 1.82) is 0 Å². The first-order valence-electron chi connectivity index (χ1n) is 7.15. The van der Waals surface area contributed by atoms with Crippen LogP contribution in [0.25, 0.3) is 0 Å². The Kier molecular flexibility index (Phi) is 3.72. The number of rotatable bonds is 5. The molecule has 0 aliphatic heterocycles. The number of alkyl halides is 1. The van der Waals surface area contributed by atoms with Crippen LogP contribution in [-0.2, 0) is 0 Å². The van der Waals surface area contributed by atoms with Crippen molar-refractivity contribution in [3.8, 4) is 17.2 Å². The van der Waals surface area contributed by atoms with Crippen LogP contribution in [0, 0.1) is 17.8 Å². The van der Waals surface area contributed by atoms with E-state index >= 15 is 0 Å². The van der Waals surface area contributed by atoms with Crippen molar-refractivity contribution >= 4 is 11.6 Å². The van der Waals surface area contributed by atoms with Gasteiger partial charge in [-0.25, -0.2) is 0 Å². The number of ether oxygens (including phenoxy) is 3. The first kappa shape index (κ1) is 13.9. The molecule has 4 heteroatoms. The molecule has 0 bridgehead atoms. The molecule has 0 aromatic heterocycles. The molecule has 2 aliphatic carbocycles. The van der Waals surface area contributed by atoms with Crippen molar-refractivity contribution in [3.63, 3.8) is 0 Å². The standard InChI is InChI=1S/C16H21ClO3/c1-18-9-7-12(19-2)15(13(8-9)20-3)16(17)14-10-5-4-6-11(10)14/h7-8,10-11,14,16H,4-6H2,1-3H3. The Morgan fingerprint density at radius 1 is 1.00 bits per heavy atom. The topological polar surface area (TPSA) is 27.7 Å². The fourth-order valence-electron chi connectivity index (χ4n) is 3.81. The highest BCUT2D eigenvalue weighted by Gasteiger charge is 2.56. The van der Waals surface area contributed by atoms with E-state index in [0.29, 0.717) is 5.92 Å². The van der Waals surface area contributed by atoms with Crippen LogP contribution in [0.1, 0.15) is 30.2 Å². The normalized spacial score (nSPS) is 28.7. The smallest absolute Gasteiger partial charge is 0.130 e. The van der Waals surface area contributed by atoms with Crippen molar-refractivity contribution in [1.82, 2.24) is 0 Å². The van der Waals surface area contributed by atoms with Gasteiger partial charge in [0.15, 0.2) is 0 Å². The highest BCUT2D eigenvalue weighted by atomic mass is 35.5. The molecular weight excluding hydrogens is 276 g/mol. The van der Waals surface area contributed by atoms with Crippen molar-refractivity contribution in [2.24, 2.45) is 17.8 Å². The molecule has 0 saturated heterocycles. The molecule has 0 radical (unpaired) electrons. The number of hydrogen-bond donors (Lipinski definition) is 0. The Morgan fingerprint density at radius 2 is 1.55 bits per heavy atom. The Bertz CT molecular complexity index is 467. The summed E-state index contributed by atoms with van der Waals surface area (Å²) in [7, 11) is 4.96. The Morgan fingerprint density at radius 3 is 2.00 bits per heavy atom. The molecule has 0 heterocycles. The maximum absolute atomic E-state index is 6.77. The van der Waals surface area contributed by atoms with E-state index in [1.807, 2.05) is 12.1 Å². The molecule has 110 valence electrons. The van der Waals surface area contributed by atoms with Gasteiger partial charge in [0, 0.05) is 12.1 Å². The average Bonchev–Trinajstić information content (AvgIpc) is 2.97. The van der Waals surface area contributed by atoms with Crippen molar-refractivity contribution in [3.05, 3.63) is 17.7 Å². The molecular formula is C16H21ClO3. The lowest BCUT2D eigenvalue weighted by molar-refractivity contribution is 0.365. The maximum atomic E-state index is 6.77. The van der Waals surface area contributed by atoms with Gasteiger partial charge in [-0.2, -0.15) is 0 Å². The Balaban J connectivity index is 1.94. The molecule has 3 rings (SSSR count). The summed E-state index contributed by atoms with van der Waals surface area (Å²) in [5.41, 5.74) is 0.969. The maximum Gasteiger partial charge on any atom is 0.130 e. The summed E-state index contributed by atoms with van der Waals surface area (Å²) in [6.45, 7) is 0. The minimum atomic E-state index is -0.0406. The lowest BCUT2D eigenvalue weighted by Gasteiger charge is -2.20. The summed E-state index contributed by atoms with van der Waals surface area (Å²) in [5.74, 6) is 4.41. The molecule has 3 nitrogen and oxygen atoms in total. The van der Waals surface area contributed by atoms with Gasteiger partial charge in [0.05, 0.1) is 32.3 Å². The number of hydrogen-bond acceptors (Lipinski definition) is 3. The number of benzene rings is 1. The average molecular weight is 297 g/mol. The van der Waals surface area contributed by atoms with Crippen LogP contribution < -0.4 is 14.2 Å². The van der Waals surface area contributed by atoms with Crippen LogP contribution in [-0.4, -0.2) is 21.3 Å². The van der Waals surface area contributed by atoms with Gasteiger partial charge in [-0.15, -0.1) is 11.6 Å². The molecule has 1 aromatic carbocycles. The van der Waals surface area contributed by atoms with Crippen LogP contribution >= 0.6 is 11.6 Å². The predicted octanol–water partition coefficient (Wildman–Crippen LogP) is 4.04. The van der Waals surface area contributed by atoms with Gasteiger partial charge >= 0.3 is 0 Å². The second kappa shape index (κ2) is 5.36. The summed E-state index contributed by atoms with van der Waals surface area (Å²) in [6.07, 6.45) is 3.99. The number of fused-ring (bicyclic) bond motifs is 1. The van der Waals surface area contributed by atoms with Crippen LogP contribution in [0.2, 0.25) is 0 Å². The van der Waals surface area contributed by atoms with E-state index in [4.69, 9.17) is 25.8 Å². The second-order valence-electron chi connectivity index (χ2n) is 5.68. The zero-order valence-electron chi connectivity index (χ0n) is 12.2. The molecule has 2 aliphatic rings. The van der Waals surface area contributed by atoms with E-state index in [0.717, 1.165) is 34.6 Å². The highest BCUT2D eigenvalue weighted by Crippen LogP contribution is 2.65. The molecule has 0 N–H and O–H groups in total. The van der Waals surface area contributed by atoms with Crippen LogP contribution in [0.3, 0.4) is 0 Å². The number of methoxy groups -OCH3 is 3. The molecule has 3 atom stereocenters. The van der Waals surface area contributed by atoms with Crippen LogP contribution in [0.4, 0.5) is 0 Å². The van der Waals surface area contributed by atoms with Gasteiger partial charge in [0.25, 0.3) is 0 Å². The third-order valence-corrected chi connectivity index (χ3v) is 5.35. The van der Waals surface area contributed by atoms with E-state index in [9.17, 15) is 0 Å². The highest BCUT2D eigenvalue weighted by molar-refractivity contribution is 6.21. The molecule has 2 saturated carbocycles. The fourth-order valence-corrected chi connectivity index (χ4v) is 4.40. The molecule has 2 fully saturated rings. The van der Waals surface area contributed by atoms with Crippen molar-refractivity contribution in [2.75, 3.05) is 21.3 Å². The van der Waals surface area contributed by atoms with E-state index in [1.165, 1.54) is 19.3 Å². The zero-order valence-corrected chi connectivity index (χ0v) is 12.9. The van der Waals surface area contributed by atoms with Gasteiger partial charge in [-0.05, 0) is 30.6 Å². The summed E-state index contributed by atoms with van der Waals surface area (Å²) in [6, 6.07) is 3.76. The first-order valence-corrected chi connectivity index (χ1v) is 7.58. The summed E-state index contributed by atoms with van der Waals surface area (Å²) >= 11 is 6.77. The monoisotopic (exact) mass is 296 g/mol. The second-order valence-corrected chi connectivity index (χ2v) is 6.15. The van der Waals surface area contributed by atoms with Gasteiger partial charge < -0.3 is 14.2 Å². The molecule has 0 amide bonds. The summed E-state index contributed by atoms with van der Waals surface area (Å²) in [4.78, 5) is 0. The van der Waals surface area contributed by atoms with E-state index in [2.05, 4.69) is 0 Å². The lowest BCUT2D eigenvalue weighted by Crippen LogP contribution is -2.04. The molecule has 0 spiro atoms. The van der Waals surface area contributed by atoms with Gasteiger partial charge in [-0.3, -0.25) is 0 Å². The van der Waals surface area contributed by atoms with Crippen molar-refractivity contribution in [2.45, 2.75) is 24.6 Å².